The van der Waals surface area contributed by atoms with Crippen LogP contribution in [0.4, 0.5) is 5.82 Å². The van der Waals surface area contributed by atoms with Crippen LogP contribution in [0.15, 0.2) is 60.9 Å². The molecule has 29 heavy (non-hydrogen) atoms. The summed E-state index contributed by atoms with van der Waals surface area (Å²) in [5, 5.41) is 8.62. The number of piperazine rings is 1. The van der Waals surface area contributed by atoms with Gasteiger partial charge in [-0.15, -0.1) is 10.2 Å². The highest BCUT2D eigenvalue weighted by atomic mass is 16.5. The molecule has 0 saturated carbocycles. The number of aromatic nitrogens is 3. The minimum absolute atomic E-state index is 0.0190. The first-order valence-corrected chi connectivity index (χ1v) is 9.49. The van der Waals surface area contributed by atoms with E-state index in [4.69, 9.17) is 9.47 Å². The average Bonchev–Trinajstić information content (AvgIpc) is 3.33. The van der Waals surface area contributed by atoms with E-state index in [9.17, 15) is 4.79 Å². The Labute approximate surface area is 169 Å². The van der Waals surface area contributed by atoms with Crippen LogP contribution in [0.1, 0.15) is 0 Å². The van der Waals surface area contributed by atoms with Gasteiger partial charge in [0.25, 0.3) is 5.91 Å². The van der Waals surface area contributed by atoms with Gasteiger partial charge >= 0.3 is 0 Å². The van der Waals surface area contributed by atoms with Crippen LogP contribution in [0.3, 0.4) is 0 Å². The third-order valence-corrected chi connectivity index (χ3v) is 4.88. The zero-order chi connectivity index (χ0) is 20.1. The molecule has 150 valence electrons. The number of methoxy groups -OCH3 is 1. The summed E-state index contributed by atoms with van der Waals surface area (Å²) in [5.41, 5.74) is 0. The van der Waals surface area contributed by atoms with Gasteiger partial charge in [-0.1, -0.05) is 0 Å². The van der Waals surface area contributed by atoms with Gasteiger partial charge in [0.05, 0.1) is 7.11 Å². The van der Waals surface area contributed by atoms with E-state index in [-0.39, 0.29) is 12.5 Å². The number of rotatable bonds is 6. The van der Waals surface area contributed by atoms with Crippen molar-refractivity contribution in [2.75, 3.05) is 44.8 Å². The molecule has 0 N–H and O–H groups in total. The van der Waals surface area contributed by atoms with Crippen molar-refractivity contribution in [3.8, 4) is 17.3 Å². The molecule has 1 saturated heterocycles. The molecule has 1 aliphatic heterocycles. The molecular formula is C21H23N5O3. The van der Waals surface area contributed by atoms with Crippen molar-refractivity contribution in [1.82, 2.24) is 19.7 Å². The molecule has 0 bridgehead atoms. The zero-order valence-corrected chi connectivity index (χ0v) is 16.3. The number of carbonyl (C=O) groups is 1. The lowest BCUT2D eigenvalue weighted by atomic mass is 10.3. The van der Waals surface area contributed by atoms with Crippen LogP contribution in [-0.2, 0) is 4.79 Å². The Morgan fingerprint density at radius 2 is 1.52 bits per heavy atom. The Morgan fingerprint density at radius 3 is 2.14 bits per heavy atom. The van der Waals surface area contributed by atoms with Gasteiger partial charge in [-0.3, -0.25) is 4.79 Å². The van der Waals surface area contributed by atoms with E-state index in [0.717, 1.165) is 17.4 Å². The number of hydrogen-bond acceptors (Lipinski definition) is 6. The Hall–Kier alpha value is -3.55. The summed E-state index contributed by atoms with van der Waals surface area (Å²) in [4.78, 5) is 16.4. The van der Waals surface area contributed by atoms with Crippen molar-refractivity contribution in [2.45, 2.75) is 0 Å². The number of nitrogens with zero attached hydrogens (tertiary/aromatic N) is 5. The Bertz CT molecular complexity index is 918. The van der Waals surface area contributed by atoms with Crippen LogP contribution in [0.25, 0.3) is 5.82 Å². The maximum atomic E-state index is 12.4. The third kappa shape index (κ3) is 4.48. The first-order valence-electron chi connectivity index (χ1n) is 9.49. The smallest absolute Gasteiger partial charge is 0.260 e. The molecule has 3 heterocycles. The van der Waals surface area contributed by atoms with E-state index in [2.05, 4.69) is 15.1 Å². The van der Waals surface area contributed by atoms with Crippen molar-refractivity contribution >= 4 is 11.7 Å². The fraction of sp³-hybridized carbons (Fsp3) is 0.286. The normalized spacial score (nSPS) is 14.0. The summed E-state index contributed by atoms with van der Waals surface area (Å²) in [7, 11) is 1.61. The van der Waals surface area contributed by atoms with E-state index in [0.29, 0.717) is 31.9 Å². The summed E-state index contributed by atoms with van der Waals surface area (Å²) >= 11 is 0. The topological polar surface area (TPSA) is 72.7 Å². The van der Waals surface area contributed by atoms with Gasteiger partial charge in [0.1, 0.15) is 11.5 Å². The summed E-state index contributed by atoms with van der Waals surface area (Å²) in [5.74, 6) is 2.99. The van der Waals surface area contributed by atoms with E-state index in [1.54, 1.807) is 31.4 Å². The number of carbonyl (C=O) groups excluding carboxylic acids is 1. The number of hydrogen-bond donors (Lipinski definition) is 0. The van der Waals surface area contributed by atoms with E-state index in [1.807, 2.05) is 46.1 Å². The van der Waals surface area contributed by atoms with Gasteiger partial charge in [-0.25, -0.2) is 0 Å². The third-order valence-electron chi connectivity index (χ3n) is 4.88. The number of ether oxygens (including phenoxy) is 2. The molecule has 4 rings (SSSR count). The number of benzene rings is 1. The van der Waals surface area contributed by atoms with Crippen molar-refractivity contribution in [3.05, 3.63) is 60.9 Å². The molecule has 2 aromatic heterocycles. The highest BCUT2D eigenvalue weighted by Gasteiger charge is 2.22. The van der Waals surface area contributed by atoms with Gasteiger partial charge in [-0.05, 0) is 48.5 Å². The first kappa shape index (κ1) is 18.8. The Kier molecular flexibility index (Phi) is 5.60. The van der Waals surface area contributed by atoms with Gasteiger partial charge in [0.2, 0.25) is 0 Å². The summed E-state index contributed by atoms with van der Waals surface area (Å²) in [6.07, 6.45) is 3.87. The molecule has 3 aromatic rings. The summed E-state index contributed by atoms with van der Waals surface area (Å²) in [6.45, 7) is 2.72. The predicted octanol–water partition coefficient (Wildman–Crippen LogP) is 2.00. The van der Waals surface area contributed by atoms with Crippen LogP contribution in [0, 0.1) is 0 Å². The van der Waals surface area contributed by atoms with Gasteiger partial charge in [-0.2, -0.15) is 0 Å². The maximum Gasteiger partial charge on any atom is 0.260 e. The molecule has 1 aromatic carbocycles. The van der Waals surface area contributed by atoms with Crippen molar-refractivity contribution < 1.29 is 14.3 Å². The molecule has 0 unspecified atom stereocenters. The number of amides is 1. The van der Waals surface area contributed by atoms with E-state index < -0.39 is 0 Å². The molecule has 0 spiro atoms. The molecule has 1 amide bonds. The minimum atomic E-state index is -0.0190. The number of anilines is 1. The van der Waals surface area contributed by atoms with Gasteiger partial charge in [0.15, 0.2) is 18.2 Å². The molecular weight excluding hydrogens is 370 g/mol. The Morgan fingerprint density at radius 1 is 0.897 bits per heavy atom. The highest BCUT2D eigenvalue weighted by molar-refractivity contribution is 5.78. The fourth-order valence-corrected chi connectivity index (χ4v) is 3.21. The van der Waals surface area contributed by atoms with E-state index >= 15 is 0 Å². The molecule has 1 aliphatic rings. The summed E-state index contributed by atoms with van der Waals surface area (Å²) in [6, 6.07) is 15.0. The zero-order valence-electron chi connectivity index (χ0n) is 16.3. The fourth-order valence-electron chi connectivity index (χ4n) is 3.21. The average molecular weight is 393 g/mol. The molecule has 0 atom stereocenters. The molecule has 8 nitrogen and oxygen atoms in total. The minimum Gasteiger partial charge on any atom is -0.497 e. The van der Waals surface area contributed by atoms with Crippen LogP contribution >= 0.6 is 0 Å². The van der Waals surface area contributed by atoms with Crippen molar-refractivity contribution in [2.24, 2.45) is 0 Å². The second-order valence-corrected chi connectivity index (χ2v) is 6.67. The standard InChI is InChI=1S/C21H23N5O3/c1-28-17-4-6-18(7-5-17)29-16-21(27)26-14-12-25(13-15-26)20-9-8-19(22-23-20)24-10-2-3-11-24/h2-11H,12-16H2,1H3. The van der Waals surface area contributed by atoms with Crippen LogP contribution in [-0.4, -0.2) is 65.5 Å². The lowest BCUT2D eigenvalue weighted by Gasteiger charge is -2.35. The maximum absolute atomic E-state index is 12.4. The van der Waals surface area contributed by atoms with Crippen molar-refractivity contribution in [1.29, 1.82) is 0 Å². The Balaban J connectivity index is 1.26. The molecule has 0 aliphatic carbocycles. The first-order chi connectivity index (χ1) is 14.2. The van der Waals surface area contributed by atoms with Crippen LogP contribution in [0.2, 0.25) is 0 Å². The van der Waals surface area contributed by atoms with Gasteiger partial charge in [0, 0.05) is 38.6 Å². The molecule has 8 heteroatoms. The second kappa shape index (κ2) is 8.64. The largest absolute Gasteiger partial charge is 0.497 e. The molecule has 1 fully saturated rings. The quantitative estimate of drug-likeness (QED) is 0.638. The lowest BCUT2D eigenvalue weighted by Crippen LogP contribution is -2.50. The van der Waals surface area contributed by atoms with Crippen LogP contribution < -0.4 is 14.4 Å². The second-order valence-electron chi connectivity index (χ2n) is 6.67. The summed E-state index contributed by atoms with van der Waals surface area (Å²) < 4.78 is 12.6. The van der Waals surface area contributed by atoms with E-state index in [1.165, 1.54) is 0 Å². The van der Waals surface area contributed by atoms with Crippen molar-refractivity contribution in [3.63, 3.8) is 0 Å². The van der Waals surface area contributed by atoms with Gasteiger partial charge < -0.3 is 23.8 Å². The predicted molar refractivity (Wildman–Crippen MR) is 109 cm³/mol. The molecule has 0 radical (unpaired) electrons. The van der Waals surface area contributed by atoms with Crippen LogP contribution in [0.5, 0.6) is 11.5 Å². The SMILES string of the molecule is COc1ccc(OCC(=O)N2CCN(c3ccc(-n4cccc4)nn3)CC2)cc1. The lowest BCUT2D eigenvalue weighted by molar-refractivity contribution is -0.133. The monoisotopic (exact) mass is 393 g/mol. The highest BCUT2D eigenvalue weighted by Crippen LogP contribution is 2.18.